The van der Waals surface area contributed by atoms with Crippen molar-refractivity contribution in [2.45, 2.75) is 19.0 Å². The van der Waals surface area contributed by atoms with Crippen molar-refractivity contribution in [1.29, 1.82) is 0 Å². The fraction of sp³-hybridized carbons (Fsp3) is 0.375. The van der Waals surface area contributed by atoms with Gasteiger partial charge in [-0.05, 0) is 12.5 Å². The van der Waals surface area contributed by atoms with Crippen molar-refractivity contribution in [3.8, 4) is 11.4 Å². The van der Waals surface area contributed by atoms with Gasteiger partial charge >= 0.3 is 12.5 Å². The van der Waals surface area contributed by atoms with E-state index in [4.69, 9.17) is 5.11 Å². The average molecular weight is 459 g/mol. The highest BCUT2D eigenvalue weighted by atomic mass is 19.4. The Morgan fingerprint density at radius 3 is 2.16 bits per heavy atom. The Bertz CT molecular complexity index is 925. The van der Waals surface area contributed by atoms with E-state index in [1.54, 1.807) is 4.90 Å². The number of amides is 1. The first-order valence-corrected chi connectivity index (χ1v) is 8.31. The Morgan fingerprint density at radius 1 is 1.06 bits per heavy atom. The lowest BCUT2D eigenvalue weighted by Crippen LogP contribution is -2.44. The Morgan fingerprint density at radius 2 is 1.68 bits per heavy atom. The van der Waals surface area contributed by atoms with Crippen LogP contribution in [-0.4, -0.2) is 56.9 Å². The van der Waals surface area contributed by atoms with E-state index in [9.17, 15) is 39.9 Å². The Labute approximate surface area is 168 Å². The van der Waals surface area contributed by atoms with Gasteiger partial charge in [-0.3, -0.25) is 9.78 Å². The standard InChI is InChI=1S/C15H12F5N5O.CHF3O/c16-9-4-8(15(18,19)20)5-21-12(9)13-11(17)14(24-7-23-13)22-6-10(26)25-2-1-3-25;2-1(3,4)5/h4-5,7H,1-3,6H2,(H,22,23,24);5H. The molecule has 0 unspecified atom stereocenters. The molecule has 3 rings (SSSR count). The monoisotopic (exact) mass is 459 g/mol. The molecule has 2 aromatic heterocycles. The zero-order valence-electron chi connectivity index (χ0n) is 15.2. The van der Waals surface area contributed by atoms with Crippen molar-refractivity contribution in [2.24, 2.45) is 0 Å². The molecule has 2 N–H and O–H groups in total. The molecule has 7 nitrogen and oxygen atoms in total. The smallest absolute Gasteiger partial charge is 0.358 e. The molecule has 0 spiro atoms. The number of halogens is 8. The number of nitrogens with one attached hydrogen (secondary N) is 1. The van der Waals surface area contributed by atoms with E-state index in [-0.39, 0.29) is 24.3 Å². The van der Waals surface area contributed by atoms with Crippen LogP contribution in [0, 0.1) is 11.6 Å². The van der Waals surface area contributed by atoms with Crippen molar-refractivity contribution in [3.63, 3.8) is 0 Å². The van der Waals surface area contributed by atoms with Crippen LogP contribution in [0.3, 0.4) is 0 Å². The summed E-state index contributed by atoms with van der Waals surface area (Å²) in [7, 11) is 0. The minimum Gasteiger partial charge on any atom is -0.358 e. The number of carbonyl (C=O) groups excluding carboxylic acids is 1. The van der Waals surface area contributed by atoms with E-state index in [0.29, 0.717) is 19.3 Å². The summed E-state index contributed by atoms with van der Waals surface area (Å²) in [5, 5.41) is 9.00. The molecule has 1 amide bonds. The molecular formula is C16H13F8N5O2. The summed E-state index contributed by atoms with van der Waals surface area (Å²) in [6, 6.07) is 0.213. The number of pyridine rings is 1. The fourth-order valence-electron chi connectivity index (χ4n) is 2.26. The van der Waals surface area contributed by atoms with Crippen LogP contribution in [0.15, 0.2) is 18.6 Å². The molecule has 3 heterocycles. The molecule has 0 atom stereocenters. The minimum absolute atomic E-state index is 0.213. The molecule has 0 aromatic carbocycles. The highest BCUT2D eigenvalue weighted by Crippen LogP contribution is 2.32. The minimum atomic E-state index is -5.00. The summed E-state index contributed by atoms with van der Waals surface area (Å²) in [4.78, 5) is 23.8. The van der Waals surface area contributed by atoms with Gasteiger partial charge in [0.25, 0.3) is 0 Å². The summed E-state index contributed by atoms with van der Waals surface area (Å²) in [6.45, 7) is 1.02. The van der Waals surface area contributed by atoms with E-state index in [1.807, 2.05) is 0 Å². The number of alkyl halides is 6. The zero-order valence-corrected chi connectivity index (χ0v) is 15.2. The van der Waals surface area contributed by atoms with Gasteiger partial charge in [0.05, 0.1) is 12.1 Å². The predicted octanol–water partition coefficient (Wildman–Crippen LogP) is 2.98. The quantitative estimate of drug-likeness (QED) is 0.684. The Kier molecular flexibility index (Phi) is 7.30. The van der Waals surface area contributed by atoms with Gasteiger partial charge in [-0.1, -0.05) is 0 Å². The van der Waals surface area contributed by atoms with Gasteiger partial charge in [0, 0.05) is 19.3 Å². The lowest BCUT2D eigenvalue weighted by molar-refractivity contribution is -0.295. The van der Waals surface area contributed by atoms with E-state index < -0.39 is 41.1 Å². The number of nitrogens with zero attached hydrogens (tertiary/aromatic N) is 4. The van der Waals surface area contributed by atoms with Crippen LogP contribution in [0.2, 0.25) is 0 Å². The summed E-state index contributed by atoms with van der Waals surface area (Å²) in [5.74, 6) is -3.12. The molecule has 1 saturated heterocycles. The number of aliphatic hydroxyl groups is 1. The largest absolute Gasteiger partial charge is 0.519 e. The van der Waals surface area contributed by atoms with Gasteiger partial charge in [-0.2, -0.15) is 13.2 Å². The third-order valence-corrected chi connectivity index (χ3v) is 3.80. The van der Waals surface area contributed by atoms with Gasteiger partial charge in [0.15, 0.2) is 17.5 Å². The third-order valence-electron chi connectivity index (χ3n) is 3.80. The first-order valence-electron chi connectivity index (χ1n) is 8.31. The maximum absolute atomic E-state index is 14.5. The molecule has 15 heteroatoms. The third kappa shape index (κ3) is 6.97. The topological polar surface area (TPSA) is 91.2 Å². The number of anilines is 1. The van der Waals surface area contributed by atoms with Gasteiger partial charge in [0.1, 0.15) is 17.7 Å². The maximum Gasteiger partial charge on any atom is 0.519 e. The van der Waals surface area contributed by atoms with Crippen molar-refractivity contribution in [2.75, 3.05) is 25.0 Å². The summed E-state index contributed by atoms with van der Waals surface area (Å²) in [6.07, 6.45) is -7.59. The predicted molar refractivity (Wildman–Crippen MR) is 88.1 cm³/mol. The van der Waals surface area contributed by atoms with Crippen molar-refractivity contribution in [3.05, 3.63) is 35.8 Å². The van der Waals surface area contributed by atoms with E-state index in [0.717, 1.165) is 12.7 Å². The molecule has 0 saturated carbocycles. The van der Waals surface area contributed by atoms with Gasteiger partial charge in [0.2, 0.25) is 5.91 Å². The van der Waals surface area contributed by atoms with Crippen LogP contribution in [0.1, 0.15) is 12.0 Å². The highest BCUT2D eigenvalue weighted by molar-refractivity contribution is 5.81. The van der Waals surface area contributed by atoms with Crippen LogP contribution in [0.25, 0.3) is 11.4 Å². The highest BCUT2D eigenvalue weighted by Gasteiger charge is 2.32. The molecular weight excluding hydrogens is 446 g/mol. The summed E-state index contributed by atoms with van der Waals surface area (Å²) < 4.78 is 95.9. The first kappa shape index (κ1) is 24.2. The molecule has 1 aliphatic heterocycles. The lowest BCUT2D eigenvalue weighted by Gasteiger charge is -2.30. The Balaban J connectivity index is 0.000000614. The van der Waals surface area contributed by atoms with Crippen LogP contribution < -0.4 is 5.32 Å². The van der Waals surface area contributed by atoms with E-state index in [1.165, 1.54) is 0 Å². The average Bonchev–Trinajstić information content (AvgIpc) is 2.57. The van der Waals surface area contributed by atoms with Gasteiger partial charge < -0.3 is 15.3 Å². The van der Waals surface area contributed by atoms with Crippen LogP contribution in [-0.2, 0) is 11.0 Å². The second-order valence-corrected chi connectivity index (χ2v) is 5.99. The second-order valence-electron chi connectivity index (χ2n) is 5.99. The van der Waals surface area contributed by atoms with Crippen LogP contribution in [0.4, 0.5) is 40.9 Å². The SMILES string of the molecule is O=C(CNc1ncnc(-c2ncc(C(F)(F)F)cc2F)c1F)N1CCC1.OC(F)(F)F. The summed E-state index contributed by atoms with van der Waals surface area (Å²) >= 11 is 0. The molecule has 0 radical (unpaired) electrons. The molecule has 0 bridgehead atoms. The van der Waals surface area contributed by atoms with Crippen molar-refractivity contribution < 1.29 is 45.0 Å². The number of hydrogen-bond donors (Lipinski definition) is 2. The second kappa shape index (κ2) is 9.36. The normalized spacial score (nSPS) is 13.8. The molecule has 31 heavy (non-hydrogen) atoms. The number of likely N-dealkylation sites (tertiary alicyclic amines) is 1. The lowest BCUT2D eigenvalue weighted by atomic mass is 10.2. The molecule has 1 fully saturated rings. The maximum atomic E-state index is 14.5. The number of carbonyl (C=O) groups is 1. The number of aromatic nitrogens is 3. The Hall–Kier alpha value is -3.10. The van der Waals surface area contributed by atoms with Crippen molar-refractivity contribution in [1.82, 2.24) is 19.9 Å². The number of hydrogen-bond acceptors (Lipinski definition) is 6. The number of rotatable bonds is 4. The van der Waals surface area contributed by atoms with Crippen LogP contribution in [0.5, 0.6) is 0 Å². The van der Waals surface area contributed by atoms with Gasteiger partial charge in [-0.25, -0.2) is 18.7 Å². The van der Waals surface area contributed by atoms with E-state index >= 15 is 0 Å². The van der Waals surface area contributed by atoms with Crippen molar-refractivity contribution >= 4 is 11.7 Å². The molecule has 170 valence electrons. The van der Waals surface area contributed by atoms with E-state index in [2.05, 4.69) is 20.3 Å². The molecule has 0 aliphatic carbocycles. The zero-order chi connectivity index (χ0) is 23.4. The molecule has 2 aromatic rings. The van der Waals surface area contributed by atoms with Crippen LogP contribution >= 0.6 is 0 Å². The molecule has 1 aliphatic rings. The fourth-order valence-corrected chi connectivity index (χ4v) is 2.26. The summed E-state index contributed by atoms with van der Waals surface area (Å²) in [5.41, 5.74) is -2.59. The first-order chi connectivity index (χ1) is 14.3. The van der Waals surface area contributed by atoms with Gasteiger partial charge in [-0.15, -0.1) is 13.2 Å².